The quantitative estimate of drug-likeness (QED) is 0.769. The van der Waals surface area contributed by atoms with Crippen molar-refractivity contribution in [3.63, 3.8) is 0 Å². The Morgan fingerprint density at radius 3 is 2.92 bits per heavy atom. The van der Waals surface area contributed by atoms with E-state index < -0.39 is 0 Å². The number of aromatic nitrogens is 1. The van der Waals surface area contributed by atoms with E-state index >= 15 is 0 Å². The Labute approximate surface area is 75.4 Å². The summed E-state index contributed by atoms with van der Waals surface area (Å²) in [6.07, 6.45) is 3.77. The van der Waals surface area contributed by atoms with Gasteiger partial charge in [-0.05, 0) is 12.1 Å². The highest BCUT2D eigenvalue weighted by Gasteiger charge is 2.04. The minimum atomic E-state index is 0.404. The molecule has 2 aromatic rings. The monoisotopic (exact) mass is 178 g/mol. The Kier molecular flexibility index (Phi) is 2.14. The lowest BCUT2D eigenvalue weighted by Gasteiger charge is -1.88. The summed E-state index contributed by atoms with van der Waals surface area (Å²) in [5, 5.41) is 0. The van der Waals surface area contributed by atoms with Gasteiger partial charge in [0.2, 0.25) is 5.89 Å². The maximum atomic E-state index is 5.39. The molecule has 2 N–H and O–H groups in total. The van der Waals surface area contributed by atoms with Gasteiger partial charge in [0, 0.05) is 6.54 Å². The zero-order valence-corrected chi connectivity index (χ0v) is 7.06. The topological polar surface area (TPSA) is 65.2 Å². The van der Waals surface area contributed by atoms with Gasteiger partial charge < -0.3 is 14.6 Å². The van der Waals surface area contributed by atoms with E-state index in [4.69, 9.17) is 14.6 Å². The summed E-state index contributed by atoms with van der Waals surface area (Å²) in [5.74, 6) is 1.47. The fourth-order valence-corrected chi connectivity index (χ4v) is 1.09. The second-order valence-electron chi connectivity index (χ2n) is 2.69. The molecule has 0 amide bonds. The number of rotatable bonds is 3. The maximum Gasteiger partial charge on any atom is 0.201 e. The van der Waals surface area contributed by atoms with Crippen molar-refractivity contribution in [2.24, 2.45) is 5.73 Å². The van der Waals surface area contributed by atoms with Gasteiger partial charge >= 0.3 is 0 Å². The van der Waals surface area contributed by atoms with Crippen molar-refractivity contribution in [3.05, 3.63) is 42.0 Å². The van der Waals surface area contributed by atoms with Gasteiger partial charge in [0.15, 0.2) is 0 Å². The first-order chi connectivity index (χ1) is 6.38. The molecule has 0 radical (unpaired) electrons. The molecule has 0 spiro atoms. The predicted octanol–water partition coefficient (Wildman–Crippen LogP) is 1.32. The van der Waals surface area contributed by atoms with Crippen LogP contribution in [0.5, 0.6) is 0 Å². The number of oxazole rings is 1. The van der Waals surface area contributed by atoms with Gasteiger partial charge in [-0.3, -0.25) is 0 Å². The predicted molar refractivity (Wildman–Crippen MR) is 45.9 cm³/mol. The zero-order chi connectivity index (χ0) is 9.10. The number of furan rings is 1. The van der Waals surface area contributed by atoms with Gasteiger partial charge in [0.1, 0.15) is 12.0 Å². The number of nitrogens with two attached hydrogens (primary N) is 1. The first kappa shape index (κ1) is 8.07. The Bertz CT molecular complexity index is 365. The van der Waals surface area contributed by atoms with Gasteiger partial charge in [-0.1, -0.05) is 0 Å². The number of hydrogen-bond donors (Lipinski definition) is 1. The molecule has 0 atom stereocenters. The van der Waals surface area contributed by atoms with Crippen LogP contribution in [0.4, 0.5) is 0 Å². The summed E-state index contributed by atoms with van der Waals surface area (Å²) in [4.78, 5) is 4.15. The summed E-state index contributed by atoms with van der Waals surface area (Å²) in [7, 11) is 0. The van der Waals surface area contributed by atoms with Crippen LogP contribution in [0.1, 0.15) is 17.3 Å². The van der Waals surface area contributed by atoms with Crippen molar-refractivity contribution < 1.29 is 8.83 Å². The van der Waals surface area contributed by atoms with Crippen molar-refractivity contribution in [3.8, 4) is 0 Å². The molecular formula is C9H10N2O2. The van der Waals surface area contributed by atoms with Gasteiger partial charge in [-0.2, -0.15) is 0 Å². The second kappa shape index (κ2) is 3.45. The lowest BCUT2D eigenvalue weighted by molar-refractivity contribution is 0.464. The van der Waals surface area contributed by atoms with Crippen LogP contribution < -0.4 is 5.73 Å². The summed E-state index contributed by atoms with van der Waals surface area (Å²) >= 11 is 0. The molecule has 0 bridgehead atoms. The van der Waals surface area contributed by atoms with Crippen LogP contribution >= 0.6 is 0 Å². The Morgan fingerprint density at radius 2 is 2.31 bits per heavy atom. The summed E-state index contributed by atoms with van der Waals surface area (Å²) in [6, 6.07) is 3.72. The molecule has 68 valence electrons. The van der Waals surface area contributed by atoms with E-state index in [1.165, 1.54) is 0 Å². The van der Waals surface area contributed by atoms with Crippen molar-refractivity contribution in [2.45, 2.75) is 13.0 Å². The highest BCUT2D eigenvalue weighted by atomic mass is 16.3. The van der Waals surface area contributed by atoms with Crippen LogP contribution in [-0.4, -0.2) is 4.98 Å². The van der Waals surface area contributed by atoms with Crippen molar-refractivity contribution in [1.82, 2.24) is 4.98 Å². The Hall–Kier alpha value is -1.55. The van der Waals surface area contributed by atoms with Crippen molar-refractivity contribution in [2.75, 3.05) is 0 Å². The molecule has 0 aliphatic carbocycles. The fourth-order valence-electron chi connectivity index (χ4n) is 1.09. The molecule has 2 heterocycles. The zero-order valence-electron chi connectivity index (χ0n) is 7.06. The van der Waals surface area contributed by atoms with Crippen molar-refractivity contribution in [1.29, 1.82) is 0 Å². The normalized spacial score (nSPS) is 10.5. The smallest absolute Gasteiger partial charge is 0.201 e. The molecule has 0 aliphatic rings. The molecule has 4 nitrogen and oxygen atoms in total. The third kappa shape index (κ3) is 1.78. The number of nitrogens with zero attached hydrogens (tertiary/aromatic N) is 1. The Balaban J connectivity index is 2.10. The van der Waals surface area contributed by atoms with Gasteiger partial charge in [-0.15, -0.1) is 0 Å². The molecule has 13 heavy (non-hydrogen) atoms. The first-order valence-corrected chi connectivity index (χ1v) is 4.04. The molecule has 0 aromatic carbocycles. The van der Waals surface area contributed by atoms with Crippen LogP contribution in [0.25, 0.3) is 0 Å². The van der Waals surface area contributed by atoms with E-state index in [-0.39, 0.29) is 0 Å². The summed E-state index contributed by atoms with van der Waals surface area (Å²) in [5.41, 5.74) is 6.16. The summed E-state index contributed by atoms with van der Waals surface area (Å²) in [6.45, 7) is 0.404. The summed E-state index contributed by atoms with van der Waals surface area (Å²) < 4.78 is 10.3. The number of hydrogen-bond acceptors (Lipinski definition) is 4. The largest absolute Gasteiger partial charge is 0.469 e. The van der Waals surface area contributed by atoms with E-state index in [0.29, 0.717) is 18.9 Å². The SMILES string of the molecule is NCc1coc(Cc2ccco2)n1. The third-order valence-corrected chi connectivity index (χ3v) is 1.71. The van der Waals surface area contributed by atoms with Crippen LogP contribution in [0.2, 0.25) is 0 Å². The van der Waals surface area contributed by atoms with Crippen molar-refractivity contribution >= 4 is 0 Å². The lowest BCUT2D eigenvalue weighted by atomic mass is 10.3. The molecule has 0 aliphatic heterocycles. The molecule has 0 saturated carbocycles. The van der Waals surface area contributed by atoms with E-state index in [0.717, 1.165) is 11.5 Å². The van der Waals surface area contributed by atoms with E-state index in [1.54, 1.807) is 12.5 Å². The van der Waals surface area contributed by atoms with Gasteiger partial charge in [0.05, 0.1) is 18.4 Å². The highest BCUT2D eigenvalue weighted by Crippen LogP contribution is 2.09. The minimum Gasteiger partial charge on any atom is -0.469 e. The Morgan fingerprint density at radius 1 is 1.38 bits per heavy atom. The van der Waals surface area contributed by atoms with Crippen LogP contribution in [-0.2, 0) is 13.0 Å². The van der Waals surface area contributed by atoms with Gasteiger partial charge in [-0.25, -0.2) is 4.98 Å². The van der Waals surface area contributed by atoms with Gasteiger partial charge in [0.25, 0.3) is 0 Å². The molecule has 0 unspecified atom stereocenters. The fraction of sp³-hybridized carbons (Fsp3) is 0.222. The molecular weight excluding hydrogens is 168 g/mol. The average Bonchev–Trinajstić information content (AvgIpc) is 2.76. The minimum absolute atomic E-state index is 0.404. The molecule has 4 heteroatoms. The molecule has 0 saturated heterocycles. The molecule has 2 rings (SSSR count). The van der Waals surface area contributed by atoms with Crippen LogP contribution in [0.15, 0.2) is 33.5 Å². The highest BCUT2D eigenvalue weighted by molar-refractivity contribution is 5.06. The maximum absolute atomic E-state index is 5.39. The van der Waals surface area contributed by atoms with Crippen LogP contribution in [0.3, 0.4) is 0 Å². The van der Waals surface area contributed by atoms with E-state index in [9.17, 15) is 0 Å². The third-order valence-electron chi connectivity index (χ3n) is 1.71. The lowest BCUT2D eigenvalue weighted by Crippen LogP contribution is -1.96. The average molecular weight is 178 g/mol. The standard InChI is InChI=1S/C9H10N2O2/c10-5-7-6-13-9(11-7)4-8-2-1-3-12-8/h1-3,6H,4-5,10H2. The molecule has 0 fully saturated rings. The molecule has 2 aromatic heterocycles. The second-order valence-corrected chi connectivity index (χ2v) is 2.69. The van der Waals surface area contributed by atoms with E-state index in [2.05, 4.69) is 4.98 Å². The first-order valence-electron chi connectivity index (χ1n) is 4.04. The van der Waals surface area contributed by atoms with E-state index in [1.807, 2.05) is 12.1 Å². The van der Waals surface area contributed by atoms with Crippen LogP contribution in [0, 0.1) is 0 Å².